The van der Waals surface area contributed by atoms with Crippen LogP contribution < -0.4 is 0 Å². The number of rotatable bonds is 1. The molecule has 5 heteroatoms. The molecule has 114 valence electrons. The van der Waals surface area contributed by atoms with Gasteiger partial charge in [0.05, 0.1) is 0 Å². The highest BCUT2D eigenvalue weighted by molar-refractivity contribution is 6.35. The Morgan fingerprint density at radius 3 is 1.73 bits per heavy atom. The zero-order chi connectivity index (χ0) is 16.3. The van der Waals surface area contributed by atoms with Crippen molar-refractivity contribution in [3.05, 3.63) is 35.4 Å². The lowest BCUT2D eigenvalue weighted by Crippen LogP contribution is -2.57. The fraction of sp³-hybridized carbons (Fsp3) is 0.412. The van der Waals surface area contributed by atoms with Crippen LogP contribution in [-0.2, 0) is 9.59 Å². The van der Waals surface area contributed by atoms with Crippen LogP contribution in [0.15, 0.2) is 24.3 Å². The first kappa shape index (κ1) is 14.8. The molecule has 0 unspecified atom stereocenters. The second-order valence-electron chi connectivity index (χ2n) is 6.85. The van der Waals surface area contributed by atoms with Crippen molar-refractivity contribution in [3.8, 4) is 0 Å². The number of Topliss-reactive ketones (excluding diaryl/α,β-unsaturated/α-hetero) is 4. The van der Waals surface area contributed by atoms with E-state index in [2.05, 4.69) is 0 Å². The summed E-state index contributed by atoms with van der Waals surface area (Å²) < 4.78 is 0. The summed E-state index contributed by atoms with van der Waals surface area (Å²) in [4.78, 5) is 49.7. The molecule has 0 spiro atoms. The lowest BCUT2D eigenvalue weighted by atomic mass is 9.65. The van der Waals surface area contributed by atoms with E-state index in [4.69, 9.17) is 0 Å². The van der Waals surface area contributed by atoms with Crippen LogP contribution >= 0.6 is 0 Å². The molecular formula is C17H16O5. The molecule has 2 aliphatic rings. The van der Waals surface area contributed by atoms with Gasteiger partial charge in [-0.05, 0) is 5.41 Å². The van der Waals surface area contributed by atoms with Gasteiger partial charge in [0.25, 0.3) is 0 Å². The van der Waals surface area contributed by atoms with E-state index in [0.29, 0.717) is 0 Å². The van der Waals surface area contributed by atoms with Crippen LogP contribution in [0.2, 0.25) is 0 Å². The summed E-state index contributed by atoms with van der Waals surface area (Å²) in [7, 11) is 0. The van der Waals surface area contributed by atoms with E-state index in [1.807, 2.05) is 0 Å². The van der Waals surface area contributed by atoms with E-state index in [-0.39, 0.29) is 24.0 Å². The van der Waals surface area contributed by atoms with Crippen molar-refractivity contribution >= 4 is 23.1 Å². The molecule has 0 heterocycles. The van der Waals surface area contributed by atoms with Gasteiger partial charge in [-0.3, -0.25) is 19.2 Å². The van der Waals surface area contributed by atoms with Gasteiger partial charge in [-0.2, -0.15) is 0 Å². The van der Waals surface area contributed by atoms with Crippen LogP contribution in [0.1, 0.15) is 47.4 Å². The smallest absolute Gasteiger partial charge is 0.207 e. The highest BCUT2D eigenvalue weighted by Gasteiger charge is 2.62. The highest BCUT2D eigenvalue weighted by atomic mass is 16.3. The van der Waals surface area contributed by atoms with Crippen LogP contribution in [0.25, 0.3) is 0 Å². The Morgan fingerprint density at radius 1 is 0.909 bits per heavy atom. The number of aliphatic hydroxyl groups is 1. The molecule has 1 saturated carbocycles. The van der Waals surface area contributed by atoms with Crippen LogP contribution in [0.5, 0.6) is 0 Å². The molecular weight excluding hydrogens is 284 g/mol. The molecule has 0 atom stereocenters. The molecule has 0 amide bonds. The number of carbonyl (C=O) groups excluding carboxylic acids is 4. The molecule has 1 aromatic carbocycles. The van der Waals surface area contributed by atoms with Crippen molar-refractivity contribution in [2.45, 2.75) is 32.3 Å². The molecule has 0 aliphatic heterocycles. The first-order valence-electron chi connectivity index (χ1n) is 7.15. The normalized spacial score (nSPS) is 23.8. The highest BCUT2D eigenvalue weighted by Crippen LogP contribution is 2.43. The molecule has 0 aromatic heterocycles. The maximum absolute atomic E-state index is 12.5. The maximum Gasteiger partial charge on any atom is 0.207 e. The van der Waals surface area contributed by atoms with E-state index in [0.717, 1.165) is 0 Å². The lowest BCUT2D eigenvalue weighted by molar-refractivity contribution is -0.146. The third kappa shape index (κ3) is 1.82. The molecule has 0 saturated heterocycles. The monoisotopic (exact) mass is 300 g/mol. The molecule has 0 bridgehead atoms. The zero-order valence-corrected chi connectivity index (χ0v) is 12.4. The van der Waals surface area contributed by atoms with Crippen LogP contribution in [0, 0.1) is 11.3 Å². The quantitative estimate of drug-likeness (QED) is 0.791. The van der Waals surface area contributed by atoms with Gasteiger partial charge in [0, 0.05) is 24.0 Å². The number of carbonyl (C=O) groups is 4. The van der Waals surface area contributed by atoms with Gasteiger partial charge in [0.15, 0.2) is 0 Å². The van der Waals surface area contributed by atoms with Crippen molar-refractivity contribution in [3.63, 3.8) is 0 Å². The Hall–Kier alpha value is -2.14. The van der Waals surface area contributed by atoms with Crippen molar-refractivity contribution in [1.82, 2.24) is 0 Å². The second kappa shape index (κ2) is 4.43. The molecule has 2 aliphatic carbocycles. The molecule has 1 aromatic rings. The van der Waals surface area contributed by atoms with Gasteiger partial charge < -0.3 is 5.11 Å². The van der Waals surface area contributed by atoms with Gasteiger partial charge in [-0.25, -0.2) is 0 Å². The van der Waals surface area contributed by atoms with E-state index < -0.39 is 40.1 Å². The van der Waals surface area contributed by atoms with Crippen LogP contribution in [0.3, 0.4) is 0 Å². The summed E-state index contributed by atoms with van der Waals surface area (Å²) in [5.74, 6) is -4.37. The molecule has 0 radical (unpaired) electrons. The summed E-state index contributed by atoms with van der Waals surface area (Å²) in [6.45, 7) is 3.55. The topological polar surface area (TPSA) is 88.5 Å². The Kier molecular flexibility index (Phi) is 2.98. The van der Waals surface area contributed by atoms with Gasteiger partial charge in [-0.1, -0.05) is 38.1 Å². The van der Waals surface area contributed by atoms with Gasteiger partial charge >= 0.3 is 0 Å². The second-order valence-corrected chi connectivity index (χ2v) is 6.85. The fourth-order valence-electron chi connectivity index (χ4n) is 3.51. The van der Waals surface area contributed by atoms with Gasteiger partial charge in [0.1, 0.15) is 17.5 Å². The largest absolute Gasteiger partial charge is 0.373 e. The number of hydrogen-bond donors (Lipinski definition) is 1. The standard InChI is InChI=1S/C17H16O5/c1-16(2)7-11(18)13(12(19)8-16)17(22)14(20)9-5-3-4-6-10(9)15(17)21/h3-6,13,22H,7-8H2,1-2H3. The summed E-state index contributed by atoms with van der Waals surface area (Å²) in [6, 6.07) is 6.00. The van der Waals surface area contributed by atoms with Crippen LogP contribution in [0.4, 0.5) is 0 Å². The van der Waals surface area contributed by atoms with Gasteiger partial charge in [0.2, 0.25) is 17.2 Å². The number of ketones is 4. The first-order chi connectivity index (χ1) is 10.2. The van der Waals surface area contributed by atoms with E-state index in [9.17, 15) is 24.3 Å². The Labute approximate surface area is 127 Å². The minimum Gasteiger partial charge on any atom is -0.373 e. The maximum atomic E-state index is 12.5. The third-order valence-corrected chi connectivity index (χ3v) is 4.48. The van der Waals surface area contributed by atoms with E-state index in [1.54, 1.807) is 26.0 Å². The van der Waals surface area contributed by atoms with Gasteiger partial charge in [-0.15, -0.1) is 0 Å². The average Bonchev–Trinajstić information content (AvgIpc) is 2.60. The third-order valence-electron chi connectivity index (χ3n) is 4.48. The first-order valence-corrected chi connectivity index (χ1v) is 7.15. The Balaban J connectivity index is 2.09. The predicted molar refractivity (Wildman–Crippen MR) is 76.6 cm³/mol. The minimum atomic E-state index is -2.58. The van der Waals surface area contributed by atoms with E-state index >= 15 is 0 Å². The zero-order valence-electron chi connectivity index (χ0n) is 12.4. The summed E-state index contributed by atoms with van der Waals surface area (Å²) >= 11 is 0. The van der Waals surface area contributed by atoms with Crippen molar-refractivity contribution < 1.29 is 24.3 Å². The van der Waals surface area contributed by atoms with Crippen molar-refractivity contribution in [2.24, 2.45) is 11.3 Å². The number of hydrogen-bond acceptors (Lipinski definition) is 5. The van der Waals surface area contributed by atoms with Crippen molar-refractivity contribution in [2.75, 3.05) is 0 Å². The SMILES string of the molecule is CC1(C)CC(=O)C(C2(O)C(=O)c3ccccc3C2=O)C(=O)C1. The average molecular weight is 300 g/mol. The molecule has 1 fully saturated rings. The summed E-state index contributed by atoms with van der Waals surface area (Å²) in [5.41, 5.74) is -2.95. The molecule has 1 N–H and O–H groups in total. The van der Waals surface area contributed by atoms with Crippen molar-refractivity contribution in [1.29, 1.82) is 0 Å². The Morgan fingerprint density at radius 2 is 1.32 bits per heavy atom. The lowest BCUT2D eigenvalue weighted by Gasteiger charge is -2.36. The summed E-state index contributed by atoms with van der Waals surface area (Å²) in [6.07, 6.45) is 0.116. The summed E-state index contributed by atoms with van der Waals surface area (Å²) in [5, 5.41) is 10.7. The Bertz CT molecular complexity index is 673. The fourth-order valence-corrected chi connectivity index (χ4v) is 3.51. The molecule has 3 rings (SSSR count). The predicted octanol–water partition coefficient (Wildman–Crippen LogP) is 1.37. The number of benzene rings is 1. The number of fused-ring (bicyclic) bond motifs is 1. The molecule has 22 heavy (non-hydrogen) atoms. The van der Waals surface area contributed by atoms with E-state index in [1.165, 1.54) is 12.1 Å². The molecule has 5 nitrogen and oxygen atoms in total. The minimum absolute atomic E-state index is 0.0582. The van der Waals surface area contributed by atoms with Crippen LogP contribution in [-0.4, -0.2) is 33.8 Å².